The topological polar surface area (TPSA) is 44.8 Å². The van der Waals surface area contributed by atoms with E-state index in [0.29, 0.717) is 19.1 Å². The second-order valence-corrected chi connectivity index (χ2v) is 5.88. The molecule has 3 rings (SSSR count). The summed E-state index contributed by atoms with van der Waals surface area (Å²) in [5, 5.41) is 0. The van der Waals surface area contributed by atoms with Gasteiger partial charge in [-0.25, -0.2) is 0 Å². The largest absolute Gasteiger partial charge is 0.493 e. The van der Waals surface area contributed by atoms with E-state index in [2.05, 4.69) is 6.07 Å². The molecule has 114 valence electrons. The van der Waals surface area contributed by atoms with Crippen molar-refractivity contribution in [2.45, 2.75) is 37.7 Å². The molecular weight excluding hydrogens is 268 g/mol. The molecule has 0 aromatic heterocycles. The minimum atomic E-state index is -0.0772. The van der Waals surface area contributed by atoms with Crippen molar-refractivity contribution >= 4 is 5.97 Å². The Morgan fingerprint density at radius 1 is 1.24 bits per heavy atom. The smallest absolute Gasteiger partial charge is 0.308 e. The Kier molecular flexibility index (Phi) is 4.44. The monoisotopic (exact) mass is 290 g/mol. The van der Waals surface area contributed by atoms with Gasteiger partial charge >= 0.3 is 5.97 Å². The fraction of sp³-hybridized carbons (Fsp3) is 0.588. The lowest BCUT2D eigenvalue weighted by Crippen LogP contribution is -2.28. The molecule has 2 aliphatic rings. The van der Waals surface area contributed by atoms with Crippen LogP contribution in [0.15, 0.2) is 24.3 Å². The maximum absolute atomic E-state index is 11.5. The summed E-state index contributed by atoms with van der Waals surface area (Å²) in [4.78, 5) is 11.5. The average Bonchev–Trinajstić information content (AvgIpc) is 2.96. The zero-order chi connectivity index (χ0) is 14.7. The molecule has 1 fully saturated rings. The molecule has 0 saturated heterocycles. The van der Waals surface area contributed by atoms with Gasteiger partial charge in [0.2, 0.25) is 0 Å². The van der Waals surface area contributed by atoms with E-state index in [0.717, 1.165) is 31.4 Å². The van der Waals surface area contributed by atoms with Gasteiger partial charge in [-0.15, -0.1) is 0 Å². The molecule has 1 heterocycles. The molecule has 1 aliphatic heterocycles. The normalized spacial score (nSPS) is 27.8. The van der Waals surface area contributed by atoms with Crippen LogP contribution in [0.1, 0.15) is 37.2 Å². The van der Waals surface area contributed by atoms with Crippen molar-refractivity contribution in [3.05, 3.63) is 29.8 Å². The number of ether oxygens (including phenoxy) is 3. The number of rotatable bonds is 4. The molecule has 0 bridgehead atoms. The number of esters is 1. The lowest BCUT2D eigenvalue weighted by atomic mass is 9.87. The molecule has 1 atom stereocenters. The predicted molar refractivity (Wildman–Crippen MR) is 78.4 cm³/mol. The first kappa shape index (κ1) is 14.4. The Balaban J connectivity index is 1.46. The van der Waals surface area contributed by atoms with Gasteiger partial charge < -0.3 is 14.2 Å². The Morgan fingerprint density at radius 3 is 2.76 bits per heavy atom. The molecule has 0 spiro atoms. The molecule has 0 amide bonds. The van der Waals surface area contributed by atoms with Gasteiger partial charge in [-0.05, 0) is 31.7 Å². The zero-order valence-corrected chi connectivity index (χ0v) is 12.4. The first-order chi connectivity index (χ1) is 10.3. The SMILES string of the molecule is COC(=O)C1CCC(OCC2COc3ccccc32)CC1. The number of hydrogen-bond donors (Lipinski definition) is 0. The van der Waals surface area contributed by atoms with Crippen molar-refractivity contribution in [1.29, 1.82) is 0 Å². The molecular formula is C17H22O4. The summed E-state index contributed by atoms with van der Waals surface area (Å²) >= 11 is 0. The summed E-state index contributed by atoms with van der Waals surface area (Å²) < 4.78 is 16.5. The molecule has 4 nitrogen and oxygen atoms in total. The van der Waals surface area contributed by atoms with Crippen LogP contribution >= 0.6 is 0 Å². The van der Waals surface area contributed by atoms with Crippen LogP contribution in [0.5, 0.6) is 5.75 Å². The number of carbonyl (C=O) groups is 1. The van der Waals surface area contributed by atoms with Gasteiger partial charge in [-0.2, -0.15) is 0 Å². The molecule has 1 aromatic rings. The van der Waals surface area contributed by atoms with Crippen molar-refractivity contribution in [1.82, 2.24) is 0 Å². The van der Waals surface area contributed by atoms with E-state index in [1.807, 2.05) is 18.2 Å². The van der Waals surface area contributed by atoms with Crippen LogP contribution in [0.3, 0.4) is 0 Å². The summed E-state index contributed by atoms with van der Waals surface area (Å²) in [6.45, 7) is 1.40. The molecule has 21 heavy (non-hydrogen) atoms. The van der Waals surface area contributed by atoms with Crippen molar-refractivity contribution in [2.24, 2.45) is 5.92 Å². The fourth-order valence-corrected chi connectivity index (χ4v) is 3.25. The maximum Gasteiger partial charge on any atom is 0.308 e. The molecule has 1 aliphatic carbocycles. The molecule has 1 unspecified atom stereocenters. The van der Waals surface area contributed by atoms with Gasteiger partial charge in [-0.1, -0.05) is 18.2 Å². The Morgan fingerprint density at radius 2 is 2.00 bits per heavy atom. The molecule has 1 saturated carbocycles. The highest BCUT2D eigenvalue weighted by atomic mass is 16.5. The number of carbonyl (C=O) groups excluding carboxylic acids is 1. The van der Waals surface area contributed by atoms with Gasteiger partial charge in [-0.3, -0.25) is 4.79 Å². The van der Waals surface area contributed by atoms with E-state index in [-0.39, 0.29) is 18.0 Å². The highest BCUT2D eigenvalue weighted by Gasteiger charge is 2.29. The molecule has 1 aromatic carbocycles. The van der Waals surface area contributed by atoms with Crippen molar-refractivity contribution < 1.29 is 19.0 Å². The molecule has 4 heteroatoms. The average molecular weight is 290 g/mol. The van der Waals surface area contributed by atoms with E-state index in [1.54, 1.807) is 0 Å². The summed E-state index contributed by atoms with van der Waals surface area (Å²) in [7, 11) is 1.46. The second-order valence-electron chi connectivity index (χ2n) is 5.88. The van der Waals surface area contributed by atoms with Crippen molar-refractivity contribution in [2.75, 3.05) is 20.3 Å². The predicted octanol–water partition coefficient (Wildman–Crippen LogP) is 2.91. The quantitative estimate of drug-likeness (QED) is 0.800. The minimum absolute atomic E-state index is 0.0605. The van der Waals surface area contributed by atoms with E-state index in [9.17, 15) is 4.79 Å². The summed E-state index contributed by atoms with van der Waals surface area (Å²) in [5.41, 5.74) is 1.25. The van der Waals surface area contributed by atoms with Crippen LogP contribution in [-0.4, -0.2) is 32.4 Å². The summed E-state index contributed by atoms with van der Waals surface area (Å²) in [5.74, 6) is 1.30. The van der Waals surface area contributed by atoms with Gasteiger partial charge in [0.1, 0.15) is 5.75 Å². The standard InChI is InChI=1S/C17H22O4/c1-19-17(18)12-6-8-14(9-7-12)20-10-13-11-21-16-5-3-2-4-15(13)16/h2-5,12-14H,6-11H2,1H3. The third-order valence-electron chi connectivity index (χ3n) is 4.54. The maximum atomic E-state index is 11.5. The van der Waals surface area contributed by atoms with Crippen LogP contribution in [0.4, 0.5) is 0 Å². The van der Waals surface area contributed by atoms with E-state index in [1.165, 1.54) is 12.7 Å². The number of para-hydroxylation sites is 1. The minimum Gasteiger partial charge on any atom is -0.493 e. The number of fused-ring (bicyclic) bond motifs is 1. The fourth-order valence-electron chi connectivity index (χ4n) is 3.25. The zero-order valence-electron chi connectivity index (χ0n) is 12.4. The van der Waals surface area contributed by atoms with Crippen LogP contribution in [-0.2, 0) is 14.3 Å². The molecule has 0 radical (unpaired) electrons. The number of benzene rings is 1. The lowest BCUT2D eigenvalue weighted by Gasteiger charge is -2.27. The molecule has 0 N–H and O–H groups in total. The number of methoxy groups -OCH3 is 1. The van der Waals surface area contributed by atoms with Crippen molar-refractivity contribution in [3.63, 3.8) is 0 Å². The first-order valence-corrected chi connectivity index (χ1v) is 7.69. The lowest BCUT2D eigenvalue weighted by molar-refractivity contribution is -0.147. The van der Waals surface area contributed by atoms with Gasteiger partial charge in [0.05, 0.1) is 32.3 Å². The summed E-state index contributed by atoms with van der Waals surface area (Å²) in [6, 6.07) is 8.17. The Labute approximate surface area is 125 Å². The first-order valence-electron chi connectivity index (χ1n) is 7.69. The third-order valence-corrected chi connectivity index (χ3v) is 4.54. The highest BCUT2D eigenvalue weighted by Crippen LogP contribution is 2.34. The van der Waals surface area contributed by atoms with E-state index < -0.39 is 0 Å². The number of hydrogen-bond acceptors (Lipinski definition) is 4. The Bertz CT molecular complexity index is 491. The van der Waals surface area contributed by atoms with Gasteiger partial charge in [0.25, 0.3) is 0 Å². The van der Waals surface area contributed by atoms with Crippen LogP contribution in [0.25, 0.3) is 0 Å². The second kappa shape index (κ2) is 6.48. The summed E-state index contributed by atoms with van der Waals surface area (Å²) in [6.07, 6.45) is 3.88. The van der Waals surface area contributed by atoms with Crippen LogP contribution < -0.4 is 4.74 Å². The third kappa shape index (κ3) is 3.21. The highest BCUT2D eigenvalue weighted by molar-refractivity contribution is 5.72. The van der Waals surface area contributed by atoms with Crippen molar-refractivity contribution in [3.8, 4) is 5.75 Å². The van der Waals surface area contributed by atoms with Crippen LogP contribution in [0, 0.1) is 5.92 Å². The Hall–Kier alpha value is -1.55. The van der Waals surface area contributed by atoms with E-state index >= 15 is 0 Å². The van der Waals surface area contributed by atoms with Gasteiger partial charge in [0.15, 0.2) is 0 Å². The van der Waals surface area contributed by atoms with Gasteiger partial charge in [0, 0.05) is 11.5 Å². The van der Waals surface area contributed by atoms with Crippen LogP contribution in [0.2, 0.25) is 0 Å². The van der Waals surface area contributed by atoms with E-state index in [4.69, 9.17) is 14.2 Å².